The molecule has 5 heteroatoms. The number of benzene rings is 1. The number of amides is 1. The van der Waals surface area contributed by atoms with Gasteiger partial charge in [-0.1, -0.05) is 34.1 Å². The van der Waals surface area contributed by atoms with Crippen LogP contribution in [0.4, 0.5) is 0 Å². The van der Waals surface area contributed by atoms with Crippen LogP contribution in [0.15, 0.2) is 29.2 Å². The van der Waals surface area contributed by atoms with Crippen LogP contribution in [0.3, 0.4) is 0 Å². The minimum Gasteiger partial charge on any atom is -0.377 e. The van der Waals surface area contributed by atoms with Gasteiger partial charge in [-0.05, 0) is 30.9 Å². The van der Waals surface area contributed by atoms with E-state index in [0.29, 0.717) is 12.0 Å². The molecule has 1 unspecified atom stereocenters. The maximum Gasteiger partial charge on any atom is 0.236 e. The van der Waals surface area contributed by atoms with Gasteiger partial charge in [0.15, 0.2) is 0 Å². The molecule has 2 heterocycles. The summed E-state index contributed by atoms with van der Waals surface area (Å²) in [6.07, 6.45) is 3.12. The quantitative estimate of drug-likeness (QED) is 0.763. The Bertz CT molecular complexity index is 478. The summed E-state index contributed by atoms with van der Waals surface area (Å²) in [7, 11) is 0. The molecule has 2 aliphatic heterocycles. The number of hydrogen-bond acceptors (Lipinski definition) is 3. The molecule has 0 spiro atoms. The summed E-state index contributed by atoms with van der Waals surface area (Å²) in [5.74, 6) is 0.301. The number of ether oxygens (including phenoxy) is 1. The number of rotatable bonds is 4. The van der Waals surface area contributed by atoms with Crippen molar-refractivity contribution in [3.05, 3.63) is 29.8 Å². The fourth-order valence-electron chi connectivity index (χ4n) is 2.98. The van der Waals surface area contributed by atoms with E-state index in [1.54, 1.807) is 11.8 Å². The highest BCUT2D eigenvalue weighted by Crippen LogP contribution is 2.37. The standard InChI is InChI=1S/C16H20BrNO2S/c17-7-10-20-13-5-8-18(9-6-13)16(19)15-11-12-3-1-2-4-14(12)21-15/h1-4,13,15H,5-11H2. The summed E-state index contributed by atoms with van der Waals surface area (Å²) in [6.45, 7) is 2.42. The Hall–Kier alpha value is -0.520. The van der Waals surface area contributed by atoms with Crippen LogP contribution >= 0.6 is 27.7 Å². The number of carbonyl (C=O) groups excluding carboxylic acids is 1. The molecule has 0 aliphatic carbocycles. The number of likely N-dealkylation sites (tertiary alicyclic amines) is 1. The highest BCUT2D eigenvalue weighted by molar-refractivity contribution is 9.09. The first-order valence-electron chi connectivity index (χ1n) is 7.49. The van der Waals surface area contributed by atoms with Crippen molar-refractivity contribution in [2.75, 3.05) is 25.0 Å². The fraction of sp³-hybridized carbons (Fsp3) is 0.562. The highest BCUT2D eigenvalue weighted by Gasteiger charge is 2.33. The molecule has 114 valence electrons. The first kappa shape index (κ1) is 15.4. The van der Waals surface area contributed by atoms with Crippen LogP contribution in [-0.4, -0.2) is 47.2 Å². The van der Waals surface area contributed by atoms with Crippen molar-refractivity contribution in [3.63, 3.8) is 0 Å². The van der Waals surface area contributed by atoms with E-state index in [9.17, 15) is 4.79 Å². The molecule has 1 saturated heterocycles. The average Bonchev–Trinajstić information content (AvgIpc) is 2.96. The highest BCUT2D eigenvalue weighted by atomic mass is 79.9. The second-order valence-electron chi connectivity index (χ2n) is 5.50. The molecule has 3 nitrogen and oxygen atoms in total. The lowest BCUT2D eigenvalue weighted by Gasteiger charge is -2.33. The molecule has 0 N–H and O–H groups in total. The number of carbonyl (C=O) groups is 1. The van der Waals surface area contributed by atoms with Crippen molar-refractivity contribution in [2.45, 2.75) is 35.5 Å². The smallest absolute Gasteiger partial charge is 0.236 e. The summed E-state index contributed by atoms with van der Waals surface area (Å²) >= 11 is 5.10. The topological polar surface area (TPSA) is 29.5 Å². The molecule has 1 aromatic carbocycles. The molecule has 1 amide bonds. The number of alkyl halides is 1. The van der Waals surface area contributed by atoms with Crippen molar-refractivity contribution >= 4 is 33.6 Å². The Morgan fingerprint density at radius 3 is 2.81 bits per heavy atom. The summed E-state index contributed by atoms with van der Waals surface area (Å²) in [4.78, 5) is 15.9. The minimum absolute atomic E-state index is 0.0717. The lowest BCUT2D eigenvalue weighted by atomic mass is 10.1. The number of nitrogens with zero attached hydrogens (tertiary/aromatic N) is 1. The van der Waals surface area contributed by atoms with Crippen LogP contribution in [0.2, 0.25) is 0 Å². The average molecular weight is 370 g/mol. The Labute approximate surface area is 138 Å². The maximum atomic E-state index is 12.6. The van der Waals surface area contributed by atoms with E-state index in [2.05, 4.69) is 34.1 Å². The van der Waals surface area contributed by atoms with Crippen molar-refractivity contribution < 1.29 is 9.53 Å². The van der Waals surface area contributed by atoms with Crippen molar-refractivity contribution in [1.82, 2.24) is 4.90 Å². The van der Waals surface area contributed by atoms with E-state index in [4.69, 9.17) is 4.74 Å². The zero-order valence-electron chi connectivity index (χ0n) is 12.0. The van der Waals surface area contributed by atoms with Crippen LogP contribution in [-0.2, 0) is 16.0 Å². The molecule has 0 saturated carbocycles. The molecule has 1 fully saturated rings. The Balaban J connectivity index is 1.52. The molecule has 2 aliphatic rings. The van der Waals surface area contributed by atoms with Gasteiger partial charge in [-0.2, -0.15) is 0 Å². The van der Waals surface area contributed by atoms with E-state index in [-0.39, 0.29) is 5.25 Å². The van der Waals surface area contributed by atoms with Gasteiger partial charge >= 0.3 is 0 Å². The maximum absolute atomic E-state index is 12.6. The third-order valence-corrected chi connectivity index (χ3v) is 5.74. The van der Waals surface area contributed by atoms with Gasteiger partial charge in [-0.3, -0.25) is 4.79 Å². The lowest BCUT2D eigenvalue weighted by molar-refractivity contribution is -0.133. The molecule has 0 bridgehead atoms. The van der Waals surface area contributed by atoms with E-state index in [1.807, 2.05) is 11.0 Å². The Morgan fingerprint density at radius 2 is 2.10 bits per heavy atom. The monoisotopic (exact) mass is 369 g/mol. The Morgan fingerprint density at radius 1 is 1.33 bits per heavy atom. The molecular formula is C16H20BrNO2S. The van der Waals surface area contributed by atoms with Gasteiger partial charge in [-0.25, -0.2) is 0 Å². The number of halogens is 1. The largest absolute Gasteiger partial charge is 0.377 e. The van der Waals surface area contributed by atoms with Gasteiger partial charge in [0, 0.05) is 23.3 Å². The van der Waals surface area contributed by atoms with Gasteiger partial charge in [-0.15, -0.1) is 11.8 Å². The minimum atomic E-state index is 0.0717. The van der Waals surface area contributed by atoms with Crippen LogP contribution in [0.1, 0.15) is 18.4 Å². The van der Waals surface area contributed by atoms with E-state index < -0.39 is 0 Å². The third-order valence-electron chi connectivity index (χ3n) is 4.11. The van der Waals surface area contributed by atoms with Gasteiger partial charge in [0.25, 0.3) is 0 Å². The summed E-state index contributed by atoms with van der Waals surface area (Å²) < 4.78 is 5.75. The van der Waals surface area contributed by atoms with E-state index in [1.165, 1.54) is 10.5 Å². The number of piperidine rings is 1. The Kier molecular flexibility index (Phi) is 5.24. The van der Waals surface area contributed by atoms with Gasteiger partial charge < -0.3 is 9.64 Å². The zero-order valence-corrected chi connectivity index (χ0v) is 14.4. The molecule has 3 rings (SSSR count). The van der Waals surface area contributed by atoms with E-state index >= 15 is 0 Å². The molecular weight excluding hydrogens is 350 g/mol. The van der Waals surface area contributed by atoms with E-state index in [0.717, 1.165) is 44.3 Å². The predicted molar refractivity (Wildman–Crippen MR) is 89.1 cm³/mol. The van der Waals surface area contributed by atoms with Crippen molar-refractivity contribution in [2.24, 2.45) is 0 Å². The fourth-order valence-corrected chi connectivity index (χ4v) is 4.44. The summed E-state index contributed by atoms with van der Waals surface area (Å²) in [5.41, 5.74) is 1.32. The molecule has 0 aromatic heterocycles. The lowest BCUT2D eigenvalue weighted by Crippen LogP contribution is -2.44. The van der Waals surface area contributed by atoms with Crippen molar-refractivity contribution in [3.8, 4) is 0 Å². The predicted octanol–water partition coefficient (Wildman–Crippen LogP) is 3.11. The van der Waals surface area contributed by atoms with Gasteiger partial charge in [0.2, 0.25) is 5.91 Å². The normalized spacial score (nSPS) is 22.3. The summed E-state index contributed by atoms with van der Waals surface area (Å²) in [5, 5.41) is 0.950. The van der Waals surface area contributed by atoms with Crippen LogP contribution < -0.4 is 0 Å². The number of hydrogen-bond donors (Lipinski definition) is 0. The molecule has 1 atom stereocenters. The first-order chi connectivity index (χ1) is 10.3. The molecule has 1 aromatic rings. The van der Waals surface area contributed by atoms with Crippen LogP contribution in [0, 0.1) is 0 Å². The van der Waals surface area contributed by atoms with Crippen molar-refractivity contribution in [1.29, 1.82) is 0 Å². The van der Waals surface area contributed by atoms with Gasteiger partial charge in [0.05, 0.1) is 18.0 Å². The number of fused-ring (bicyclic) bond motifs is 1. The second kappa shape index (κ2) is 7.16. The number of thioether (sulfide) groups is 1. The first-order valence-corrected chi connectivity index (χ1v) is 9.49. The summed E-state index contributed by atoms with van der Waals surface area (Å²) in [6, 6.07) is 8.36. The van der Waals surface area contributed by atoms with Crippen LogP contribution in [0.25, 0.3) is 0 Å². The van der Waals surface area contributed by atoms with Crippen LogP contribution in [0.5, 0.6) is 0 Å². The second-order valence-corrected chi connectivity index (χ2v) is 7.54. The SMILES string of the molecule is O=C(C1Cc2ccccc2S1)N1CCC(OCCBr)CC1. The molecule has 0 radical (unpaired) electrons. The third kappa shape index (κ3) is 3.63. The molecule has 21 heavy (non-hydrogen) atoms. The zero-order chi connectivity index (χ0) is 14.7. The van der Waals surface area contributed by atoms with Gasteiger partial charge in [0.1, 0.15) is 0 Å².